The quantitative estimate of drug-likeness (QED) is 0.196. The maximum atomic E-state index is 14.9. The summed E-state index contributed by atoms with van der Waals surface area (Å²) in [4.78, 5) is 46.2. The van der Waals surface area contributed by atoms with E-state index in [2.05, 4.69) is 11.9 Å². The van der Waals surface area contributed by atoms with Gasteiger partial charge in [0, 0.05) is 23.0 Å². The van der Waals surface area contributed by atoms with Crippen LogP contribution in [0.4, 0.5) is 5.69 Å². The van der Waals surface area contributed by atoms with Crippen LogP contribution in [-0.4, -0.2) is 42.1 Å². The molecule has 7 heteroatoms. The van der Waals surface area contributed by atoms with Crippen molar-refractivity contribution in [1.29, 1.82) is 0 Å². The molecule has 4 aromatic carbocycles. The molecule has 1 spiro atoms. The highest BCUT2D eigenvalue weighted by Gasteiger charge is 2.70. The lowest BCUT2D eigenvalue weighted by atomic mass is 9.62. The third-order valence-electron chi connectivity index (χ3n) is 8.98. The summed E-state index contributed by atoms with van der Waals surface area (Å²) in [5.41, 5.74) is 2.56. The highest BCUT2D eigenvalue weighted by molar-refractivity contribution is 6.16. The predicted molar refractivity (Wildman–Crippen MR) is 168 cm³/mol. The lowest BCUT2D eigenvalue weighted by Crippen LogP contribution is -2.49. The molecule has 7 rings (SSSR count). The van der Waals surface area contributed by atoms with E-state index in [1.807, 2.05) is 65.7 Å². The van der Waals surface area contributed by atoms with Gasteiger partial charge >= 0.3 is 0 Å². The molecular formula is C37H30N2O5. The van der Waals surface area contributed by atoms with Crippen molar-refractivity contribution in [2.75, 3.05) is 19.0 Å². The zero-order valence-electron chi connectivity index (χ0n) is 24.1. The Morgan fingerprint density at radius 1 is 0.909 bits per heavy atom. The zero-order valence-corrected chi connectivity index (χ0v) is 24.1. The van der Waals surface area contributed by atoms with Crippen molar-refractivity contribution in [3.63, 3.8) is 0 Å². The van der Waals surface area contributed by atoms with Gasteiger partial charge < -0.3 is 19.7 Å². The number of benzene rings is 4. The van der Waals surface area contributed by atoms with Crippen molar-refractivity contribution in [2.24, 2.45) is 5.92 Å². The smallest absolute Gasteiger partial charge is 0.238 e. The highest BCUT2D eigenvalue weighted by Crippen LogP contribution is 2.62. The minimum Gasteiger partial charge on any atom is -0.497 e. The second kappa shape index (κ2) is 10.7. The molecule has 0 bridgehead atoms. The molecule has 0 saturated carbocycles. The molecule has 4 aromatic rings. The van der Waals surface area contributed by atoms with Crippen LogP contribution in [0.5, 0.6) is 11.5 Å². The summed E-state index contributed by atoms with van der Waals surface area (Å²) in [5, 5.41) is 3.08. The second-order valence-electron chi connectivity index (χ2n) is 11.2. The van der Waals surface area contributed by atoms with Crippen LogP contribution in [0.25, 0.3) is 6.08 Å². The molecule has 44 heavy (non-hydrogen) atoms. The molecular weight excluding hydrogens is 552 g/mol. The Balaban J connectivity index is 1.48. The average Bonchev–Trinajstić information content (AvgIpc) is 3.55. The molecule has 4 atom stereocenters. The standard InChI is InChI=1S/C37H30N2O5/c1-3-21-44-26-17-15-24(16-18-26)33(40)31-32(34(41)25-10-8-11-27(22-25)43-2)39-20-19-23-9-4-5-12-28(23)35(39)37(31)29-13-6-7-14-30(29)38-36(37)42/h3-20,22,31-32,35H,1,21H2,2H3,(H,38,42)/t31-,32+,35-,37+/m0/s1. The van der Waals surface area contributed by atoms with Crippen molar-refractivity contribution in [3.05, 3.63) is 144 Å². The third kappa shape index (κ3) is 4.00. The normalized spacial score (nSPS) is 22.5. The second-order valence-corrected chi connectivity index (χ2v) is 11.2. The van der Waals surface area contributed by atoms with Crippen molar-refractivity contribution < 1.29 is 23.9 Å². The molecule has 3 aliphatic heterocycles. The van der Waals surface area contributed by atoms with Crippen LogP contribution < -0.4 is 14.8 Å². The number of rotatable bonds is 8. The molecule has 3 heterocycles. The Morgan fingerprint density at radius 2 is 1.68 bits per heavy atom. The van der Waals surface area contributed by atoms with Crippen LogP contribution in [0.1, 0.15) is 43.4 Å². The first-order chi connectivity index (χ1) is 21.5. The largest absolute Gasteiger partial charge is 0.497 e. The van der Waals surface area contributed by atoms with Crippen molar-refractivity contribution in [3.8, 4) is 11.5 Å². The number of ketones is 2. The average molecular weight is 583 g/mol. The summed E-state index contributed by atoms with van der Waals surface area (Å²) in [7, 11) is 1.54. The van der Waals surface area contributed by atoms with Gasteiger partial charge in [-0.25, -0.2) is 0 Å². The van der Waals surface area contributed by atoms with Crippen LogP contribution in [0.3, 0.4) is 0 Å². The number of fused-ring (bicyclic) bond motifs is 6. The van der Waals surface area contributed by atoms with Gasteiger partial charge in [-0.1, -0.05) is 67.3 Å². The molecule has 1 saturated heterocycles. The predicted octanol–water partition coefficient (Wildman–Crippen LogP) is 6.24. The molecule has 1 amide bonds. The molecule has 0 aliphatic carbocycles. The number of nitrogens with zero attached hydrogens (tertiary/aromatic N) is 1. The number of Topliss-reactive ketones (excluding diaryl/α,β-unsaturated/α-hetero) is 2. The number of nitrogens with one attached hydrogen (secondary N) is 1. The summed E-state index contributed by atoms with van der Waals surface area (Å²) in [6.45, 7) is 4.01. The van der Waals surface area contributed by atoms with E-state index in [1.165, 1.54) is 0 Å². The van der Waals surface area contributed by atoms with Crippen molar-refractivity contribution in [2.45, 2.75) is 17.5 Å². The minimum atomic E-state index is -1.40. The third-order valence-corrected chi connectivity index (χ3v) is 8.98. The summed E-state index contributed by atoms with van der Waals surface area (Å²) in [6, 6.07) is 27.5. The lowest BCUT2D eigenvalue weighted by Gasteiger charge is -2.38. The summed E-state index contributed by atoms with van der Waals surface area (Å²) in [5.74, 6) is -0.814. The number of amides is 1. The number of methoxy groups -OCH3 is 1. The van der Waals surface area contributed by atoms with Crippen LogP contribution in [0.2, 0.25) is 0 Å². The zero-order chi connectivity index (χ0) is 30.4. The fourth-order valence-corrected chi connectivity index (χ4v) is 7.16. The number of hydrogen-bond acceptors (Lipinski definition) is 6. The molecule has 218 valence electrons. The molecule has 0 unspecified atom stereocenters. The van der Waals surface area contributed by atoms with E-state index in [0.717, 1.165) is 11.1 Å². The lowest BCUT2D eigenvalue weighted by molar-refractivity contribution is -0.122. The van der Waals surface area contributed by atoms with Crippen LogP contribution >= 0.6 is 0 Å². The first-order valence-corrected chi connectivity index (χ1v) is 14.5. The van der Waals surface area contributed by atoms with Gasteiger partial charge in [-0.05, 0) is 65.2 Å². The summed E-state index contributed by atoms with van der Waals surface area (Å²) in [6.07, 6.45) is 5.46. The number of para-hydroxylation sites is 1. The Kier molecular flexibility index (Phi) is 6.66. The monoisotopic (exact) mass is 582 g/mol. The van der Waals surface area contributed by atoms with Gasteiger partial charge in [-0.2, -0.15) is 0 Å². The number of anilines is 1. The van der Waals surface area contributed by atoms with Crippen molar-refractivity contribution in [1.82, 2.24) is 4.90 Å². The van der Waals surface area contributed by atoms with Gasteiger partial charge in [0.15, 0.2) is 11.6 Å². The van der Waals surface area contributed by atoms with E-state index >= 15 is 0 Å². The van der Waals surface area contributed by atoms with E-state index in [0.29, 0.717) is 40.5 Å². The molecule has 1 N–H and O–H groups in total. The number of hydrogen-bond donors (Lipinski definition) is 1. The van der Waals surface area contributed by atoms with Crippen LogP contribution in [0, 0.1) is 5.92 Å². The SMILES string of the molecule is C=CCOc1ccc(C(=O)[C@@H]2[C@H](C(=O)c3cccc(OC)c3)N3C=Cc4ccccc4[C@H]3[C@]23C(=O)Nc2ccccc23)cc1. The highest BCUT2D eigenvalue weighted by atomic mass is 16.5. The van der Waals surface area contributed by atoms with E-state index in [-0.39, 0.29) is 17.5 Å². The molecule has 0 aromatic heterocycles. The van der Waals surface area contributed by atoms with E-state index < -0.39 is 23.4 Å². The number of carbonyl (C=O) groups is 3. The molecule has 7 nitrogen and oxygen atoms in total. The van der Waals surface area contributed by atoms with E-state index in [1.54, 1.807) is 61.7 Å². The van der Waals surface area contributed by atoms with Crippen LogP contribution in [-0.2, 0) is 10.2 Å². The van der Waals surface area contributed by atoms with Crippen molar-refractivity contribution >= 4 is 29.2 Å². The maximum Gasteiger partial charge on any atom is 0.238 e. The molecule has 3 aliphatic rings. The molecule has 1 fully saturated rings. The van der Waals surface area contributed by atoms with Gasteiger partial charge in [0.1, 0.15) is 29.6 Å². The topological polar surface area (TPSA) is 84.9 Å². The van der Waals surface area contributed by atoms with Gasteiger partial charge in [0.25, 0.3) is 0 Å². The first-order valence-electron chi connectivity index (χ1n) is 14.5. The van der Waals surface area contributed by atoms with Gasteiger partial charge in [-0.3, -0.25) is 14.4 Å². The van der Waals surface area contributed by atoms with Gasteiger partial charge in [0.2, 0.25) is 5.91 Å². The molecule has 0 radical (unpaired) electrons. The Morgan fingerprint density at radius 3 is 2.48 bits per heavy atom. The van der Waals surface area contributed by atoms with E-state index in [9.17, 15) is 14.4 Å². The number of ether oxygens (including phenoxy) is 2. The Bertz CT molecular complexity index is 1840. The first kappa shape index (κ1) is 27.4. The maximum absolute atomic E-state index is 14.9. The Labute approximate surface area is 255 Å². The van der Waals surface area contributed by atoms with Gasteiger partial charge in [0.05, 0.1) is 19.1 Å². The fraction of sp³-hybridized carbons (Fsp3) is 0.162. The van der Waals surface area contributed by atoms with Crippen LogP contribution in [0.15, 0.2) is 116 Å². The number of carbonyl (C=O) groups excluding carboxylic acids is 3. The van der Waals surface area contributed by atoms with Gasteiger partial charge in [-0.15, -0.1) is 0 Å². The summed E-state index contributed by atoms with van der Waals surface area (Å²) >= 11 is 0. The minimum absolute atomic E-state index is 0.267. The Hall–Kier alpha value is -5.43. The fourth-order valence-electron chi connectivity index (χ4n) is 7.16. The van der Waals surface area contributed by atoms with E-state index in [4.69, 9.17) is 9.47 Å². The summed E-state index contributed by atoms with van der Waals surface area (Å²) < 4.78 is 11.1.